The quantitative estimate of drug-likeness (QED) is 0.246. The zero-order valence-electron chi connectivity index (χ0n) is 18.8. The van der Waals surface area contributed by atoms with Crippen LogP contribution in [-0.2, 0) is 16.1 Å². The fourth-order valence-electron chi connectivity index (χ4n) is 3.83. The highest BCUT2D eigenvalue weighted by Gasteiger charge is 2.23. The summed E-state index contributed by atoms with van der Waals surface area (Å²) in [6, 6.07) is 17.2. The Morgan fingerprint density at radius 1 is 0.829 bits per heavy atom. The Balaban J connectivity index is 1.66. The summed E-state index contributed by atoms with van der Waals surface area (Å²) < 4.78 is 27.9. The zero-order valence-corrected chi connectivity index (χ0v) is 19.5. The highest BCUT2D eigenvalue weighted by molar-refractivity contribution is 6.30. The number of methoxy groups -OCH3 is 2. The van der Waals surface area contributed by atoms with Crippen molar-refractivity contribution in [3.05, 3.63) is 88.6 Å². The molecule has 2 heterocycles. The molecule has 5 aromatic rings. The van der Waals surface area contributed by atoms with Gasteiger partial charge in [0.15, 0.2) is 11.5 Å². The summed E-state index contributed by atoms with van der Waals surface area (Å²) in [4.78, 5) is 24.2. The molecule has 0 aliphatic carbocycles. The minimum atomic E-state index is -0.477. The normalized spacial score (nSPS) is 11.1. The first kappa shape index (κ1) is 22.6. The molecule has 0 aliphatic heterocycles. The molecule has 0 saturated carbocycles. The maximum atomic E-state index is 12.2. The first-order valence-corrected chi connectivity index (χ1v) is 11.0. The maximum Gasteiger partial charge on any atom is 0.337 e. The summed E-state index contributed by atoms with van der Waals surface area (Å²) in [5, 5.41) is 1.86. The van der Waals surface area contributed by atoms with Crippen molar-refractivity contribution in [1.29, 1.82) is 0 Å². The Bertz CT molecular complexity index is 1560. The number of ether oxygens (including phenoxy) is 3. The van der Waals surface area contributed by atoms with Crippen LogP contribution in [0.5, 0.6) is 5.75 Å². The number of halogens is 1. The van der Waals surface area contributed by atoms with Gasteiger partial charge in [-0.1, -0.05) is 23.7 Å². The Labute approximate surface area is 204 Å². The number of hydrogen-bond acceptors (Lipinski definition) is 7. The molecule has 0 N–H and O–H groups in total. The van der Waals surface area contributed by atoms with Crippen LogP contribution in [0.2, 0.25) is 5.02 Å². The topological polar surface area (TPSA) is 88.1 Å². The standard InChI is InChI=1S/C27H19ClO7/c1-31-26(29)16-5-9-22-19(11-16)21(14-33-22)25-24(34-13-15-3-7-18(28)8-4-15)20-12-17(27(30)32-2)6-10-23(20)35-25/h3-12,14H,13H2,1-2H3. The minimum Gasteiger partial charge on any atom is -0.484 e. The summed E-state index contributed by atoms with van der Waals surface area (Å²) in [5.41, 5.74) is 3.28. The van der Waals surface area contributed by atoms with E-state index in [1.807, 2.05) is 12.1 Å². The summed E-state index contributed by atoms with van der Waals surface area (Å²) in [5.74, 6) is -0.121. The average molecular weight is 491 g/mol. The van der Waals surface area contributed by atoms with E-state index in [0.29, 0.717) is 55.2 Å². The van der Waals surface area contributed by atoms with Gasteiger partial charge >= 0.3 is 11.9 Å². The summed E-state index contributed by atoms with van der Waals surface area (Å²) in [7, 11) is 2.64. The average Bonchev–Trinajstić information content (AvgIpc) is 3.47. The van der Waals surface area contributed by atoms with Crippen LogP contribution in [0, 0.1) is 0 Å². The molecular weight excluding hydrogens is 472 g/mol. The van der Waals surface area contributed by atoms with Crippen molar-refractivity contribution >= 4 is 45.5 Å². The van der Waals surface area contributed by atoms with Gasteiger partial charge in [-0.25, -0.2) is 9.59 Å². The molecule has 7 nitrogen and oxygen atoms in total. The summed E-state index contributed by atoms with van der Waals surface area (Å²) >= 11 is 6.00. The van der Waals surface area contributed by atoms with E-state index in [1.165, 1.54) is 14.2 Å². The second-order valence-corrected chi connectivity index (χ2v) is 8.17. The molecule has 35 heavy (non-hydrogen) atoms. The van der Waals surface area contributed by atoms with E-state index >= 15 is 0 Å². The zero-order chi connectivity index (χ0) is 24.5. The van der Waals surface area contributed by atoms with Crippen LogP contribution in [0.1, 0.15) is 26.3 Å². The first-order valence-electron chi connectivity index (χ1n) is 10.6. The molecule has 0 fully saturated rings. The van der Waals surface area contributed by atoms with E-state index < -0.39 is 11.9 Å². The van der Waals surface area contributed by atoms with Gasteiger partial charge in [0.1, 0.15) is 24.0 Å². The third-order valence-corrected chi connectivity index (χ3v) is 5.85. The van der Waals surface area contributed by atoms with Gasteiger partial charge in [0.25, 0.3) is 0 Å². The first-order chi connectivity index (χ1) is 17.0. The molecule has 0 amide bonds. The Kier molecular flexibility index (Phi) is 5.93. The molecule has 176 valence electrons. The van der Waals surface area contributed by atoms with Gasteiger partial charge in [0.05, 0.1) is 36.3 Å². The number of carbonyl (C=O) groups is 2. The van der Waals surface area contributed by atoms with Gasteiger partial charge in [0.2, 0.25) is 0 Å². The molecular formula is C27H19ClO7. The second-order valence-electron chi connectivity index (χ2n) is 7.73. The summed E-state index contributed by atoms with van der Waals surface area (Å²) in [6.45, 7) is 0.227. The van der Waals surface area contributed by atoms with E-state index in [2.05, 4.69) is 0 Å². The molecule has 2 aromatic heterocycles. The van der Waals surface area contributed by atoms with Crippen molar-refractivity contribution in [3.63, 3.8) is 0 Å². The lowest BCUT2D eigenvalue weighted by molar-refractivity contribution is 0.0592. The van der Waals surface area contributed by atoms with E-state index in [1.54, 1.807) is 54.8 Å². The van der Waals surface area contributed by atoms with Crippen LogP contribution < -0.4 is 4.74 Å². The third kappa shape index (κ3) is 4.22. The number of hydrogen-bond donors (Lipinski definition) is 0. The van der Waals surface area contributed by atoms with Crippen molar-refractivity contribution in [1.82, 2.24) is 0 Å². The predicted octanol–water partition coefficient (Wildman–Crippen LogP) is 6.65. The molecule has 0 unspecified atom stereocenters. The van der Waals surface area contributed by atoms with Crippen LogP contribution >= 0.6 is 11.6 Å². The van der Waals surface area contributed by atoms with Crippen LogP contribution in [0.15, 0.2) is 75.8 Å². The number of rotatable bonds is 6. The highest BCUT2D eigenvalue weighted by Crippen LogP contribution is 2.44. The predicted molar refractivity (Wildman–Crippen MR) is 130 cm³/mol. The third-order valence-electron chi connectivity index (χ3n) is 5.60. The number of carbonyl (C=O) groups excluding carboxylic acids is 2. The molecule has 0 aliphatic rings. The van der Waals surface area contributed by atoms with Gasteiger partial charge in [-0.15, -0.1) is 0 Å². The number of furan rings is 2. The smallest absolute Gasteiger partial charge is 0.337 e. The fraction of sp³-hybridized carbons (Fsp3) is 0.111. The maximum absolute atomic E-state index is 12.2. The van der Waals surface area contributed by atoms with Crippen molar-refractivity contribution in [2.24, 2.45) is 0 Å². The molecule has 0 saturated heterocycles. The van der Waals surface area contributed by atoms with Gasteiger partial charge in [-0.05, 0) is 54.1 Å². The monoisotopic (exact) mass is 490 g/mol. The SMILES string of the molecule is COC(=O)c1ccc2occ(-c3oc4ccc(C(=O)OC)cc4c3OCc3ccc(Cl)cc3)c2c1. The lowest BCUT2D eigenvalue weighted by Crippen LogP contribution is -2.01. The lowest BCUT2D eigenvalue weighted by Gasteiger charge is -2.08. The van der Waals surface area contributed by atoms with Crippen molar-refractivity contribution in [2.45, 2.75) is 6.61 Å². The number of fused-ring (bicyclic) bond motifs is 2. The molecule has 0 radical (unpaired) electrons. The van der Waals surface area contributed by atoms with Gasteiger partial charge in [-0.2, -0.15) is 0 Å². The molecule has 8 heteroatoms. The second kappa shape index (κ2) is 9.19. The van der Waals surface area contributed by atoms with Crippen LogP contribution in [-0.4, -0.2) is 26.2 Å². The summed E-state index contributed by atoms with van der Waals surface area (Å²) in [6.07, 6.45) is 1.54. The minimum absolute atomic E-state index is 0.227. The largest absolute Gasteiger partial charge is 0.484 e. The highest BCUT2D eigenvalue weighted by atomic mass is 35.5. The van der Waals surface area contributed by atoms with Crippen LogP contribution in [0.3, 0.4) is 0 Å². The number of benzene rings is 3. The Hall–Kier alpha value is -4.23. The van der Waals surface area contributed by atoms with E-state index in [4.69, 9.17) is 34.6 Å². The molecule has 0 atom stereocenters. The Morgan fingerprint density at radius 3 is 2.11 bits per heavy atom. The molecule has 0 spiro atoms. The Morgan fingerprint density at radius 2 is 1.46 bits per heavy atom. The van der Waals surface area contributed by atoms with E-state index in [-0.39, 0.29) is 6.61 Å². The van der Waals surface area contributed by atoms with Crippen LogP contribution in [0.25, 0.3) is 33.3 Å². The van der Waals surface area contributed by atoms with Gasteiger partial charge < -0.3 is 23.0 Å². The van der Waals surface area contributed by atoms with Gasteiger partial charge in [0, 0.05) is 10.4 Å². The molecule has 5 rings (SSSR count). The molecule has 3 aromatic carbocycles. The van der Waals surface area contributed by atoms with Crippen LogP contribution in [0.4, 0.5) is 0 Å². The van der Waals surface area contributed by atoms with Crippen molar-refractivity contribution in [2.75, 3.05) is 14.2 Å². The van der Waals surface area contributed by atoms with Crippen molar-refractivity contribution < 1.29 is 32.6 Å². The fourth-order valence-corrected chi connectivity index (χ4v) is 3.95. The van der Waals surface area contributed by atoms with E-state index in [0.717, 1.165) is 5.56 Å². The lowest BCUT2D eigenvalue weighted by atomic mass is 10.1. The molecule has 0 bridgehead atoms. The van der Waals surface area contributed by atoms with E-state index in [9.17, 15) is 9.59 Å². The number of esters is 2. The van der Waals surface area contributed by atoms with Crippen molar-refractivity contribution in [3.8, 4) is 17.1 Å². The van der Waals surface area contributed by atoms with Gasteiger partial charge in [-0.3, -0.25) is 0 Å².